The van der Waals surface area contributed by atoms with Gasteiger partial charge in [0, 0.05) is 5.92 Å². The van der Waals surface area contributed by atoms with E-state index in [2.05, 4.69) is 5.32 Å². The molecule has 2 rings (SSSR count). The second-order valence-electron chi connectivity index (χ2n) is 5.45. The summed E-state index contributed by atoms with van der Waals surface area (Å²) < 4.78 is 13.0. The van der Waals surface area contributed by atoms with Crippen LogP contribution in [0.4, 0.5) is 4.39 Å². The standard InChI is InChI=1S/C16H22FNO/c1-3-12(4-2)15(19)18-16(10-5-11-16)13-6-8-14(17)9-7-13/h6-9,12H,3-5,10-11H2,1-2H3,(H,18,19). The molecule has 19 heavy (non-hydrogen) atoms. The van der Waals surface area contributed by atoms with Crippen molar-refractivity contribution in [2.24, 2.45) is 5.92 Å². The molecule has 3 heteroatoms. The van der Waals surface area contributed by atoms with Gasteiger partial charge in [0.1, 0.15) is 5.82 Å². The van der Waals surface area contributed by atoms with Gasteiger partial charge in [0.15, 0.2) is 0 Å². The summed E-state index contributed by atoms with van der Waals surface area (Å²) in [6, 6.07) is 6.53. The first-order chi connectivity index (χ1) is 9.11. The van der Waals surface area contributed by atoms with E-state index in [1.165, 1.54) is 12.1 Å². The van der Waals surface area contributed by atoms with Crippen molar-refractivity contribution in [2.45, 2.75) is 51.5 Å². The fourth-order valence-corrected chi connectivity index (χ4v) is 2.78. The van der Waals surface area contributed by atoms with Crippen LogP contribution in [0.15, 0.2) is 24.3 Å². The topological polar surface area (TPSA) is 29.1 Å². The minimum absolute atomic E-state index is 0.0814. The van der Waals surface area contributed by atoms with E-state index >= 15 is 0 Å². The lowest BCUT2D eigenvalue weighted by molar-refractivity contribution is -0.128. The Morgan fingerprint density at radius 1 is 1.26 bits per heavy atom. The maximum atomic E-state index is 13.0. The molecule has 1 fully saturated rings. The van der Waals surface area contributed by atoms with Crippen molar-refractivity contribution in [1.82, 2.24) is 5.32 Å². The summed E-state index contributed by atoms with van der Waals surface area (Å²) in [5.41, 5.74) is 0.771. The Balaban J connectivity index is 2.15. The fourth-order valence-electron chi connectivity index (χ4n) is 2.78. The minimum Gasteiger partial charge on any atom is -0.346 e. The van der Waals surface area contributed by atoms with Crippen LogP contribution in [0.3, 0.4) is 0 Å². The highest BCUT2D eigenvalue weighted by Crippen LogP contribution is 2.41. The van der Waals surface area contributed by atoms with E-state index in [0.29, 0.717) is 0 Å². The molecule has 1 saturated carbocycles. The summed E-state index contributed by atoms with van der Waals surface area (Å²) in [7, 11) is 0. The molecular weight excluding hydrogens is 241 g/mol. The van der Waals surface area contributed by atoms with Crippen LogP contribution in [0.2, 0.25) is 0 Å². The number of carbonyl (C=O) groups excluding carboxylic acids is 1. The lowest BCUT2D eigenvalue weighted by atomic mass is 9.71. The van der Waals surface area contributed by atoms with Gasteiger partial charge in [-0.25, -0.2) is 4.39 Å². The van der Waals surface area contributed by atoms with E-state index in [9.17, 15) is 9.18 Å². The van der Waals surface area contributed by atoms with Crippen LogP contribution in [-0.4, -0.2) is 5.91 Å². The van der Waals surface area contributed by atoms with E-state index < -0.39 is 0 Å². The quantitative estimate of drug-likeness (QED) is 0.861. The van der Waals surface area contributed by atoms with Gasteiger partial charge < -0.3 is 5.32 Å². The third kappa shape index (κ3) is 2.80. The van der Waals surface area contributed by atoms with E-state index in [-0.39, 0.29) is 23.2 Å². The van der Waals surface area contributed by atoms with Crippen LogP contribution in [0.25, 0.3) is 0 Å². The third-order valence-corrected chi connectivity index (χ3v) is 4.32. The molecule has 0 radical (unpaired) electrons. The van der Waals surface area contributed by atoms with Crippen molar-refractivity contribution in [1.29, 1.82) is 0 Å². The van der Waals surface area contributed by atoms with Gasteiger partial charge in [-0.1, -0.05) is 26.0 Å². The van der Waals surface area contributed by atoms with E-state index in [1.54, 1.807) is 12.1 Å². The van der Waals surface area contributed by atoms with Crippen LogP contribution < -0.4 is 5.32 Å². The van der Waals surface area contributed by atoms with Crippen molar-refractivity contribution in [2.75, 3.05) is 0 Å². The zero-order valence-corrected chi connectivity index (χ0v) is 11.7. The number of rotatable bonds is 5. The molecule has 1 amide bonds. The van der Waals surface area contributed by atoms with Crippen molar-refractivity contribution >= 4 is 5.91 Å². The number of benzene rings is 1. The average molecular weight is 263 g/mol. The summed E-state index contributed by atoms with van der Waals surface area (Å²) in [6.07, 6.45) is 4.74. The van der Waals surface area contributed by atoms with E-state index in [4.69, 9.17) is 0 Å². The number of halogens is 1. The monoisotopic (exact) mass is 263 g/mol. The summed E-state index contributed by atoms with van der Waals surface area (Å²) >= 11 is 0. The fraction of sp³-hybridized carbons (Fsp3) is 0.562. The molecule has 104 valence electrons. The molecule has 1 N–H and O–H groups in total. The number of hydrogen-bond acceptors (Lipinski definition) is 1. The zero-order valence-electron chi connectivity index (χ0n) is 11.7. The van der Waals surface area contributed by atoms with Gasteiger partial charge in [-0.05, 0) is 49.8 Å². The average Bonchev–Trinajstić information content (AvgIpc) is 2.36. The smallest absolute Gasteiger partial charge is 0.223 e. The van der Waals surface area contributed by atoms with Crippen molar-refractivity contribution in [3.8, 4) is 0 Å². The first-order valence-corrected chi connectivity index (χ1v) is 7.19. The molecule has 1 aromatic rings. The Hall–Kier alpha value is -1.38. The maximum Gasteiger partial charge on any atom is 0.223 e. The second-order valence-corrected chi connectivity index (χ2v) is 5.45. The normalized spacial score (nSPS) is 17.1. The van der Waals surface area contributed by atoms with Crippen molar-refractivity contribution < 1.29 is 9.18 Å². The molecule has 0 atom stereocenters. The van der Waals surface area contributed by atoms with Crippen molar-refractivity contribution in [3.63, 3.8) is 0 Å². The van der Waals surface area contributed by atoms with Crippen LogP contribution >= 0.6 is 0 Å². The SMILES string of the molecule is CCC(CC)C(=O)NC1(c2ccc(F)cc2)CCC1. The van der Waals surface area contributed by atoms with Gasteiger partial charge in [-0.3, -0.25) is 4.79 Å². The van der Waals surface area contributed by atoms with Gasteiger partial charge in [-0.2, -0.15) is 0 Å². The van der Waals surface area contributed by atoms with Crippen LogP contribution in [0.5, 0.6) is 0 Å². The highest BCUT2D eigenvalue weighted by atomic mass is 19.1. The molecule has 0 spiro atoms. The lowest BCUT2D eigenvalue weighted by Crippen LogP contribution is -2.52. The van der Waals surface area contributed by atoms with Crippen LogP contribution in [0.1, 0.15) is 51.5 Å². The number of nitrogens with one attached hydrogen (secondary N) is 1. The highest BCUT2D eigenvalue weighted by molar-refractivity contribution is 5.79. The predicted octanol–water partition coefficient (Wildman–Crippen LogP) is 3.76. The molecule has 0 aromatic heterocycles. The molecule has 0 saturated heterocycles. The molecule has 0 aliphatic heterocycles. The summed E-state index contributed by atoms with van der Waals surface area (Å²) in [4.78, 5) is 12.3. The molecule has 1 aliphatic carbocycles. The zero-order chi connectivity index (χ0) is 13.9. The van der Waals surface area contributed by atoms with E-state index in [1.807, 2.05) is 13.8 Å². The van der Waals surface area contributed by atoms with Gasteiger partial charge in [-0.15, -0.1) is 0 Å². The molecule has 1 aromatic carbocycles. The summed E-state index contributed by atoms with van der Waals surface area (Å²) in [5.74, 6) is -0.0171. The van der Waals surface area contributed by atoms with Gasteiger partial charge in [0.2, 0.25) is 5.91 Å². The molecule has 0 bridgehead atoms. The minimum atomic E-state index is -0.257. The maximum absolute atomic E-state index is 13.0. The Morgan fingerprint density at radius 2 is 1.84 bits per heavy atom. The lowest BCUT2D eigenvalue weighted by Gasteiger charge is -2.44. The highest BCUT2D eigenvalue weighted by Gasteiger charge is 2.40. The largest absolute Gasteiger partial charge is 0.346 e. The summed E-state index contributed by atoms with van der Waals surface area (Å²) in [5, 5.41) is 3.21. The van der Waals surface area contributed by atoms with Crippen LogP contribution in [0, 0.1) is 11.7 Å². The Kier molecular flexibility index (Phi) is 4.23. The first kappa shape index (κ1) is 14.0. The van der Waals surface area contributed by atoms with E-state index in [0.717, 1.165) is 37.7 Å². The Bertz CT molecular complexity index is 433. The Morgan fingerprint density at radius 3 is 2.26 bits per heavy atom. The van der Waals surface area contributed by atoms with Crippen molar-refractivity contribution in [3.05, 3.63) is 35.6 Å². The molecular formula is C16H22FNO. The Labute approximate surface area is 114 Å². The molecule has 2 nitrogen and oxygen atoms in total. The predicted molar refractivity (Wildman–Crippen MR) is 74.1 cm³/mol. The second kappa shape index (κ2) is 5.72. The molecule has 0 unspecified atom stereocenters. The van der Waals surface area contributed by atoms with Gasteiger partial charge >= 0.3 is 0 Å². The third-order valence-electron chi connectivity index (χ3n) is 4.32. The summed E-state index contributed by atoms with van der Waals surface area (Å²) in [6.45, 7) is 4.08. The number of hydrogen-bond donors (Lipinski definition) is 1. The first-order valence-electron chi connectivity index (χ1n) is 7.19. The number of amides is 1. The van der Waals surface area contributed by atoms with Gasteiger partial charge in [0.05, 0.1) is 5.54 Å². The molecule has 1 aliphatic rings. The molecule has 0 heterocycles. The number of carbonyl (C=O) groups is 1. The van der Waals surface area contributed by atoms with Gasteiger partial charge in [0.25, 0.3) is 0 Å². The van der Waals surface area contributed by atoms with Crippen LogP contribution in [-0.2, 0) is 10.3 Å².